The Balaban J connectivity index is 1.62. The summed E-state index contributed by atoms with van der Waals surface area (Å²) in [6, 6.07) is 5.69. The molecule has 0 bridgehead atoms. The third kappa shape index (κ3) is 7.32. The van der Waals surface area contributed by atoms with E-state index in [4.69, 9.17) is 0 Å². The van der Waals surface area contributed by atoms with E-state index in [9.17, 15) is 17.6 Å². The van der Waals surface area contributed by atoms with Gasteiger partial charge in [-0.3, -0.25) is 0 Å². The van der Waals surface area contributed by atoms with Crippen molar-refractivity contribution in [2.45, 2.75) is 97.3 Å². The van der Waals surface area contributed by atoms with Crippen LogP contribution >= 0.6 is 0 Å². The van der Waals surface area contributed by atoms with Gasteiger partial charge in [0.15, 0.2) is 23.3 Å². The number of aryl methyl sites for hydroxylation is 2. The fraction of sp³-hybridized carbons (Fsp3) is 0.586. The predicted octanol–water partition coefficient (Wildman–Crippen LogP) is 9.11. The first-order valence-corrected chi connectivity index (χ1v) is 12.8. The topological polar surface area (TPSA) is 0 Å². The molecule has 0 N–H and O–H groups in total. The Morgan fingerprint density at radius 1 is 0.636 bits per heavy atom. The van der Waals surface area contributed by atoms with Crippen LogP contribution in [0.2, 0.25) is 0 Å². The number of benzene rings is 2. The summed E-state index contributed by atoms with van der Waals surface area (Å²) in [6.45, 7) is 4.14. The molecule has 4 heteroatoms. The summed E-state index contributed by atoms with van der Waals surface area (Å²) in [5.41, 5.74) is 1.90. The molecule has 3 rings (SSSR count). The number of rotatable bonds is 11. The first-order valence-electron chi connectivity index (χ1n) is 12.8. The van der Waals surface area contributed by atoms with E-state index in [-0.39, 0.29) is 6.42 Å². The summed E-state index contributed by atoms with van der Waals surface area (Å²) in [5, 5.41) is 0. The van der Waals surface area contributed by atoms with Crippen molar-refractivity contribution < 1.29 is 17.6 Å². The first kappa shape index (κ1) is 25.8. The molecule has 0 aromatic heterocycles. The summed E-state index contributed by atoms with van der Waals surface area (Å²) < 4.78 is 56.9. The van der Waals surface area contributed by atoms with E-state index in [1.165, 1.54) is 57.4 Å². The predicted molar refractivity (Wildman–Crippen MR) is 127 cm³/mol. The molecule has 0 unspecified atom stereocenters. The smallest absolute Gasteiger partial charge is 0.162 e. The van der Waals surface area contributed by atoms with Crippen molar-refractivity contribution >= 4 is 0 Å². The molecule has 1 aliphatic rings. The van der Waals surface area contributed by atoms with Crippen LogP contribution in [0.1, 0.15) is 100 Å². The van der Waals surface area contributed by atoms with Gasteiger partial charge in [0.1, 0.15) is 0 Å². The zero-order valence-corrected chi connectivity index (χ0v) is 20.2. The van der Waals surface area contributed by atoms with Gasteiger partial charge in [0.05, 0.1) is 0 Å². The van der Waals surface area contributed by atoms with Gasteiger partial charge in [-0.05, 0) is 71.9 Å². The van der Waals surface area contributed by atoms with Crippen LogP contribution in [0.4, 0.5) is 17.6 Å². The quantitative estimate of drug-likeness (QED) is 0.231. The van der Waals surface area contributed by atoms with E-state index in [0.29, 0.717) is 47.4 Å². The molecule has 0 saturated heterocycles. The van der Waals surface area contributed by atoms with Crippen LogP contribution in [-0.4, -0.2) is 0 Å². The molecule has 1 fully saturated rings. The highest BCUT2D eigenvalue weighted by Gasteiger charge is 2.22. The Labute approximate surface area is 196 Å². The Hall–Kier alpha value is -1.84. The maximum atomic E-state index is 14.5. The fourth-order valence-electron chi connectivity index (χ4n) is 5.34. The lowest BCUT2D eigenvalue weighted by Crippen LogP contribution is -2.15. The molecule has 1 aliphatic carbocycles. The van der Waals surface area contributed by atoms with Crippen LogP contribution < -0.4 is 0 Å². The van der Waals surface area contributed by atoms with E-state index >= 15 is 0 Å². The molecule has 0 atom stereocenters. The summed E-state index contributed by atoms with van der Waals surface area (Å²) in [5.74, 6) is -1.93. The summed E-state index contributed by atoms with van der Waals surface area (Å²) in [7, 11) is 0. The van der Waals surface area contributed by atoms with Crippen molar-refractivity contribution in [1.29, 1.82) is 0 Å². The number of unbranched alkanes of at least 4 members (excludes halogenated alkanes) is 2. The third-order valence-corrected chi connectivity index (χ3v) is 7.26. The minimum Gasteiger partial charge on any atom is -0.204 e. The Bertz CT molecular complexity index is 897. The first-order chi connectivity index (χ1) is 15.9. The molecule has 2 aromatic rings. The van der Waals surface area contributed by atoms with Crippen molar-refractivity contribution in [1.82, 2.24) is 0 Å². The Kier molecular flexibility index (Phi) is 9.82. The van der Waals surface area contributed by atoms with Crippen LogP contribution in [0, 0.1) is 35.1 Å². The van der Waals surface area contributed by atoms with Gasteiger partial charge in [-0.2, -0.15) is 0 Å². The third-order valence-electron chi connectivity index (χ3n) is 7.26. The van der Waals surface area contributed by atoms with E-state index in [2.05, 4.69) is 6.92 Å². The molecule has 0 amide bonds. The second-order valence-corrected chi connectivity index (χ2v) is 9.95. The van der Waals surface area contributed by atoms with Crippen molar-refractivity contribution in [3.8, 4) is 0 Å². The lowest BCUT2D eigenvalue weighted by atomic mass is 9.77. The average Bonchev–Trinajstić information content (AvgIpc) is 2.79. The maximum absolute atomic E-state index is 14.5. The summed E-state index contributed by atoms with van der Waals surface area (Å²) in [4.78, 5) is 0. The normalized spacial score (nSPS) is 18.6. The fourth-order valence-corrected chi connectivity index (χ4v) is 5.34. The van der Waals surface area contributed by atoms with Crippen molar-refractivity contribution in [2.75, 3.05) is 0 Å². The number of hydrogen-bond acceptors (Lipinski definition) is 0. The molecular formula is C29H38F4. The lowest BCUT2D eigenvalue weighted by molar-refractivity contribution is 0.248. The molecule has 33 heavy (non-hydrogen) atoms. The van der Waals surface area contributed by atoms with Gasteiger partial charge in [-0.15, -0.1) is 0 Å². The average molecular weight is 463 g/mol. The number of hydrogen-bond donors (Lipinski definition) is 0. The van der Waals surface area contributed by atoms with Gasteiger partial charge in [0.25, 0.3) is 0 Å². The molecule has 182 valence electrons. The Morgan fingerprint density at radius 3 is 1.67 bits per heavy atom. The highest BCUT2D eigenvalue weighted by molar-refractivity contribution is 5.34. The lowest BCUT2D eigenvalue weighted by Gasteiger charge is -2.28. The van der Waals surface area contributed by atoms with Crippen LogP contribution in [0.25, 0.3) is 0 Å². The highest BCUT2D eigenvalue weighted by Crippen LogP contribution is 2.34. The van der Waals surface area contributed by atoms with E-state index in [1.54, 1.807) is 12.1 Å². The summed E-state index contributed by atoms with van der Waals surface area (Å²) in [6.07, 6.45) is 12.9. The minimum absolute atomic E-state index is 0.251. The SMILES string of the molecule is CCCCCC1CCC(CCc2cc(Cc3cc(F)c(F)c(CCC)c3)cc(F)c2F)CC1. The monoisotopic (exact) mass is 462 g/mol. The zero-order chi connectivity index (χ0) is 23.8. The second kappa shape index (κ2) is 12.6. The minimum atomic E-state index is -0.885. The highest BCUT2D eigenvalue weighted by atomic mass is 19.2. The van der Waals surface area contributed by atoms with Crippen LogP contribution in [0.3, 0.4) is 0 Å². The molecule has 0 heterocycles. The van der Waals surface area contributed by atoms with Crippen molar-refractivity contribution in [3.63, 3.8) is 0 Å². The molecule has 0 nitrogen and oxygen atoms in total. The van der Waals surface area contributed by atoms with Gasteiger partial charge in [0, 0.05) is 0 Å². The van der Waals surface area contributed by atoms with Crippen LogP contribution in [-0.2, 0) is 19.3 Å². The largest absolute Gasteiger partial charge is 0.204 e. The maximum Gasteiger partial charge on any atom is 0.162 e. The Morgan fingerprint density at radius 2 is 1.15 bits per heavy atom. The molecule has 1 saturated carbocycles. The van der Waals surface area contributed by atoms with Crippen LogP contribution in [0.5, 0.6) is 0 Å². The van der Waals surface area contributed by atoms with Gasteiger partial charge in [0.2, 0.25) is 0 Å². The van der Waals surface area contributed by atoms with Gasteiger partial charge in [-0.1, -0.05) is 83.8 Å². The molecule has 2 aromatic carbocycles. The van der Waals surface area contributed by atoms with Crippen molar-refractivity contribution in [2.24, 2.45) is 11.8 Å². The van der Waals surface area contributed by atoms with E-state index in [0.717, 1.165) is 18.4 Å². The number of halogens is 4. The molecule has 0 spiro atoms. The van der Waals surface area contributed by atoms with Crippen molar-refractivity contribution in [3.05, 3.63) is 69.8 Å². The molecule has 0 radical (unpaired) electrons. The molecular weight excluding hydrogens is 424 g/mol. The zero-order valence-electron chi connectivity index (χ0n) is 20.2. The standard InChI is InChI=1S/C29H38F4/c1-3-5-6-8-20-9-11-21(12-10-20)13-14-25-17-23(19-27(31)29(25)33)15-22-16-24(7-4-2)28(32)26(30)18-22/h16-21H,3-15H2,1-2H3. The molecule has 0 aliphatic heterocycles. The van der Waals surface area contributed by atoms with Gasteiger partial charge >= 0.3 is 0 Å². The van der Waals surface area contributed by atoms with Gasteiger partial charge in [-0.25, -0.2) is 17.6 Å². The van der Waals surface area contributed by atoms with E-state index in [1.807, 2.05) is 6.92 Å². The summed E-state index contributed by atoms with van der Waals surface area (Å²) >= 11 is 0. The second-order valence-electron chi connectivity index (χ2n) is 9.95. The van der Waals surface area contributed by atoms with Gasteiger partial charge < -0.3 is 0 Å². The van der Waals surface area contributed by atoms with Crippen LogP contribution in [0.15, 0.2) is 24.3 Å². The van der Waals surface area contributed by atoms with E-state index < -0.39 is 23.3 Å².